The van der Waals surface area contributed by atoms with Gasteiger partial charge in [0.15, 0.2) is 0 Å². The molecule has 0 radical (unpaired) electrons. The molecule has 0 saturated carbocycles. The second kappa shape index (κ2) is 11.4. The quantitative estimate of drug-likeness (QED) is 0.506. The molecule has 1 unspecified atom stereocenters. The predicted octanol–water partition coefficient (Wildman–Crippen LogP) is 4.74. The lowest BCUT2D eigenvalue weighted by Gasteiger charge is -2.32. The van der Waals surface area contributed by atoms with Gasteiger partial charge >= 0.3 is 12.1 Å². The third-order valence-electron chi connectivity index (χ3n) is 7.22. The third-order valence-corrected chi connectivity index (χ3v) is 7.53. The maximum absolute atomic E-state index is 13.1. The van der Waals surface area contributed by atoms with E-state index in [4.69, 9.17) is 26.3 Å². The number of fused-ring (bicyclic) bond motifs is 1. The number of carbonyl (C=O) groups excluding carboxylic acids is 1. The number of nitrogens with one attached hydrogen (secondary N) is 2. The zero-order valence-corrected chi connectivity index (χ0v) is 22.3. The summed E-state index contributed by atoms with van der Waals surface area (Å²) in [6.07, 6.45) is 3.04. The molecular weight excluding hydrogens is 533 g/mol. The van der Waals surface area contributed by atoms with E-state index in [0.29, 0.717) is 54.0 Å². The van der Waals surface area contributed by atoms with Gasteiger partial charge in [-0.3, -0.25) is 4.90 Å². The van der Waals surface area contributed by atoms with E-state index in [-0.39, 0.29) is 6.17 Å². The molecule has 0 bridgehead atoms. The Labute approximate surface area is 229 Å². The molecular formula is C27H30ClF3N6O2. The number of halogens is 4. The van der Waals surface area contributed by atoms with Crippen molar-refractivity contribution in [3.63, 3.8) is 0 Å². The standard InChI is InChI=1S/C27H30ClF3N6O2/c1-39-25(38)17-15-21(28)24(32-16-17)36-13-9-20-22(10-14-36)34-26(37-11-3-2-4-12-37)35-23(20)33-19-7-5-18(6-8-19)27(29,30)31/h5-8,15-16,24,32H,2-4,9-14H2,1H3,(H,33,34,35). The van der Waals surface area contributed by atoms with Crippen molar-refractivity contribution in [3.8, 4) is 0 Å². The van der Waals surface area contributed by atoms with Gasteiger partial charge in [0, 0.05) is 50.1 Å². The SMILES string of the molecule is COC(=O)C1=CNC(N2CCc3nc(N4CCCCC4)nc(Nc4ccc(C(F)(F)F)cc4)c3CC2)C(Cl)=C1. The average Bonchev–Trinajstić information content (AvgIpc) is 3.15. The summed E-state index contributed by atoms with van der Waals surface area (Å²) < 4.78 is 44.0. The molecule has 1 atom stereocenters. The summed E-state index contributed by atoms with van der Waals surface area (Å²) in [4.78, 5) is 26.0. The number of esters is 1. The van der Waals surface area contributed by atoms with Crippen LogP contribution in [0.3, 0.4) is 0 Å². The zero-order valence-electron chi connectivity index (χ0n) is 21.5. The fraction of sp³-hybridized carbons (Fsp3) is 0.444. The number of anilines is 3. The van der Waals surface area contributed by atoms with Crippen LogP contribution < -0.4 is 15.5 Å². The smallest absolute Gasteiger partial charge is 0.416 e. The van der Waals surface area contributed by atoms with Crippen LogP contribution in [0.2, 0.25) is 0 Å². The van der Waals surface area contributed by atoms with E-state index in [1.165, 1.54) is 25.7 Å². The van der Waals surface area contributed by atoms with Crippen LogP contribution in [0.1, 0.15) is 36.1 Å². The number of carbonyl (C=O) groups is 1. The molecule has 1 saturated heterocycles. The number of hydrogen-bond acceptors (Lipinski definition) is 8. The number of rotatable bonds is 5. The van der Waals surface area contributed by atoms with Gasteiger partial charge in [0.25, 0.3) is 0 Å². The number of alkyl halides is 3. The van der Waals surface area contributed by atoms with Gasteiger partial charge in [0.2, 0.25) is 5.95 Å². The molecule has 12 heteroatoms. The van der Waals surface area contributed by atoms with Crippen molar-refractivity contribution < 1.29 is 22.7 Å². The third kappa shape index (κ3) is 6.14. The first-order valence-corrected chi connectivity index (χ1v) is 13.4. The molecule has 2 N–H and O–H groups in total. The Morgan fingerprint density at radius 2 is 1.79 bits per heavy atom. The van der Waals surface area contributed by atoms with Crippen molar-refractivity contribution >= 4 is 35.0 Å². The first-order chi connectivity index (χ1) is 18.7. The fourth-order valence-corrected chi connectivity index (χ4v) is 5.43. The van der Waals surface area contributed by atoms with E-state index in [9.17, 15) is 18.0 Å². The number of methoxy groups -OCH3 is 1. The Hall–Kier alpha value is -3.31. The van der Waals surface area contributed by atoms with Gasteiger partial charge in [0.05, 0.1) is 29.0 Å². The van der Waals surface area contributed by atoms with E-state index in [1.807, 2.05) is 0 Å². The van der Waals surface area contributed by atoms with Crippen molar-refractivity contribution in [1.82, 2.24) is 20.2 Å². The van der Waals surface area contributed by atoms with Crippen LogP contribution in [-0.2, 0) is 28.5 Å². The predicted molar refractivity (Wildman–Crippen MR) is 143 cm³/mol. The summed E-state index contributed by atoms with van der Waals surface area (Å²) in [5, 5.41) is 6.95. The van der Waals surface area contributed by atoms with Crippen LogP contribution in [-0.4, -0.2) is 60.3 Å². The van der Waals surface area contributed by atoms with Gasteiger partial charge in [-0.15, -0.1) is 0 Å². The Morgan fingerprint density at radius 3 is 2.46 bits per heavy atom. The molecule has 4 heterocycles. The second-order valence-corrected chi connectivity index (χ2v) is 10.2. The Balaban J connectivity index is 1.40. The number of nitrogens with zero attached hydrogens (tertiary/aromatic N) is 4. The van der Waals surface area contributed by atoms with E-state index in [2.05, 4.69) is 20.4 Å². The minimum Gasteiger partial charge on any atom is -0.465 e. The molecule has 1 aromatic carbocycles. The summed E-state index contributed by atoms with van der Waals surface area (Å²) in [5.41, 5.74) is 2.00. The van der Waals surface area contributed by atoms with Crippen LogP contribution >= 0.6 is 11.6 Å². The Kier molecular flexibility index (Phi) is 7.99. The molecule has 8 nitrogen and oxygen atoms in total. The van der Waals surface area contributed by atoms with Crippen LogP contribution in [0.4, 0.5) is 30.6 Å². The lowest BCUT2D eigenvalue weighted by atomic mass is 10.1. The van der Waals surface area contributed by atoms with E-state index in [1.54, 1.807) is 12.3 Å². The molecule has 3 aliphatic rings. The van der Waals surface area contributed by atoms with Gasteiger partial charge in [0.1, 0.15) is 12.0 Å². The summed E-state index contributed by atoms with van der Waals surface area (Å²) >= 11 is 6.57. The summed E-state index contributed by atoms with van der Waals surface area (Å²) in [5.74, 6) is 0.769. The summed E-state index contributed by atoms with van der Waals surface area (Å²) in [7, 11) is 1.32. The lowest BCUT2D eigenvalue weighted by molar-refractivity contribution is -0.137. The topological polar surface area (TPSA) is 82.6 Å². The normalized spacial score (nSPS) is 20.2. The maximum atomic E-state index is 13.1. The minimum atomic E-state index is -4.40. The molecule has 0 amide bonds. The fourth-order valence-electron chi connectivity index (χ4n) is 5.11. The minimum absolute atomic E-state index is 0.310. The number of aromatic nitrogens is 2. The van der Waals surface area contributed by atoms with Crippen molar-refractivity contribution in [2.24, 2.45) is 0 Å². The van der Waals surface area contributed by atoms with Crippen LogP contribution in [0.15, 0.2) is 47.1 Å². The van der Waals surface area contributed by atoms with E-state index < -0.39 is 17.7 Å². The van der Waals surface area contributed by atoms with Gasteiger partial charge in [-0.25, -0.2) is 9.78 Å². The molecule has 3 aliphatic heterocycles. The van der Waals surface area contributed by atoms with Crippen LogP contribution in [0, 0.1) is 0 Å². The van der Waals surface area contributed by atoms with E-state index in [0.717, 1.165) is 49.3 Å². The van der Waals surface area contributed by atoms with Crippen molar-refractivity contribution in [3.05, 3.63) is 64.0 Å². The largest absolute Gasteiger partial charge is 0.465 e. The highest BCUT2D eigenvalue weighted by atomic mass is 35.5. The number of hydrogen-bond donors (Lipinski definition) is 2. The maximum Gasteiger partial charge on any atom is 0.416 e. The number of ether oxygens (including phenoxy) is 1. The van der Waals surface area contributed by atoms with Crippen molar-refractivity contribution in [2.75, 3.05) is 43.5 Å². The first-order valence-electron chi connectivity index (χ1n) is 13.0. The molecule has 208 valence electrons. The second-order valence-electron chi connectivity index (χ2n) is 9.77. The molecule has 1 aromatic heterocycles. The molecule has 0 aliphatic carbocycles. The van der Waals surface area contributed by atoms with Crippen molar-refractivity contribution in [2.45, 2.75) is 44.4 Å². The van der Waals surface area contributed by atoms with Gasteiger partial charge in [-0.1, -0.05) is 11.6 Å². The number of dihydropyridines is 1. The summed E-state index contributed by atoms with van der Waals surface area (Å²) in [6.45, 7) is 3.02. The monoisotopic (exact) mass is 562 g/mol. The highest BCUT2D eigenvalue weighted by Crippen LogP contribution is 2.33. The van der Waals surface area contributed by atoms with Crippen LogP contribution in [0.25, 0.3) is 0 Å². The molecule has 1 fully saturated rings. The van der Waals surface area contributed by atoms with Crippen LogP contribution in [0.5, 0.6) is 0 Å². The lowest BCUT2D eigenvalue weighted by Crippen LogP contribution is -2.46. The van der Waals surface area contributed by atoms with Crippen molar-refractivity contribution in [1.29, 1.82) is 0 Å². The summed E-state index contributed by atoms with van der Waals surface area (Å²) in [6, 6.07) is 4.97. The molecule has 5 rings (SSSR count). The van der Waals surface area contributed by atoms with Gasteiger partial charge in [-0.2, -0.15) is 18.2 Å². The average molecular weight is 563 g/mol. The van der Waals surface area contributed by atoms with Gasteiger partial charge < -0.3 is 20.3 Å². The zero-order chi connectivity index (χ0) is 27.6. The molecule has 0 spiro atoms. The highest BCUT2D eigenvalue weighted by Gasteiger charge is 2.31. The number of benzene rings is 1. The Morgan fingerprint density at radius 1 is 1.08 bits per heavy atom. The van der Waals surface area contributed by atoms with E-state index >= 15 is 0 Å². The molecule has 39 heavy (non-hydrogen) atoms. The first kappa shape index (κ1) is 27.3. The van der Waals surface area contributed by atoms with Gasteiger partial charge in [-0.05, 0) is 56.0 Å². The number of piperidine rings is 1. The molecule has 2 aromatic rings. The Bertz CT molecular complexity index is 1280. The highest BCUT2D eigenvalue weighted by molar-refractivity contribution is 6.30.